The van der Waals surface area contributed by atoms with Gasteiger partial charge in [-0.2, -0.15) is 0 Å². The molecule has 0 radical (unpaired) electrons. The van der Waals surface area contributed by atoms with Crippen molar-refractivity contribution in [2.75, 3.05) is 61.3 Å². The van der Waals surface area contributed by atoms with E-state index in [0.29, 0.717) is 6.61 Å². The maximum absolute atomic E-state index is 12.3. The Hall–Kier alpha value is -7.36. The standard InChI is InChI=1S/C22H24N2O4.C9H14O3.C8H15NO3.C8H12O4.C5H8O2.C4H8O2/c1-14(25)20(12-21(26)24(2)3)23-22(27)28-13-19-17-10-6-4-8-15(17)16-9-5-7-11-18(16)19;1-4-5-12-9(11)6-7(2)8(3)10;1-6(7(2)10)5-8(11)9(3)12-4;1-3-4-12-7(9)5-6(2)8(10)11;1-3-4-7-5(2)6;5-4-2-1-3-6-4/h4-11,19-20H,12-13H2,1-3H3,(H,23,27);4,7H,1,5-6H2,2-3H3;6H,5H2,1-4H3;3,6H,1,4-5H2,2H3,(H,10,11);3H,1,4H2,2H3;4-5H,1-3H2. The molecule has 2 aromatic rings. The number of hydrogen-bond acceptors (Lipinski definition) is 17. The van der Waals surface area contributed by atoms with Crippen molar-refractivity contribution < 1.29 is 86.7 Å². The molecule has 2 aromatic carbocycles. The third-order valence-corrected chi connectivity index (χ3v) is 10.9. The van der Waals surface area contributed by atoms with E-state index in [1.807, 2.05) is 36.4 Å². The van der Waals surface area contributed by atoms with E-state index in [1.165, 1.54) is 71.9 Å². The summed E-state index contributed by atoms with van der Waals surface area (Å²) in [5, 5.41) is 20.6. The molecule has 1 heterocycles. The van der Waals surface area contributed by atoms with Crippen molar-refractivity contribution in [3.63, 3.8) is 0 Å². The number of hydroxylamine groups is 2. The van der Waals surface area contributed by atoms with E-state index in [-0.39, 0.29) is 104 Å². The molecule has 21 nitrogen and oxygen atoms in total. The molecule has 3 amide bonds. The minimum absolute atomic E-state index is 0.00514. The van der Waals surface area contributed by atoms with Gasteiger partial charge in [0, 0.05) is 65.3 Å². The van der Waals surface area contributed by atoms with Crippen LogP contribution in [0, 0.1) is 17.8 Å². The minimum atomic E-state index is -0.995. The second-order valence-corrected chi connectivity index (χ2v) is 17.6. The van der Waals surface area contributed by atoms with Crippen LogP contribution >= 0.6 is 0 Å². The molecule has 1 fully saturated rings. The van der Waals surface area contributed by atoms with Gasteiger partial charge in [-0.05, 0) is 49.4 Å². The lowest BCUT2D eigenvalue weighted by Crippen LogP contribution is -2.43. The quantitative estimate of drug-likeness (QED) is 0.0485. The molecule has 5 atom stereocenters. The van der Waals surface area contributed by atoms with Crippen LogP contribution in [0.5, 0.6) is 0 Å². The summed E-state index contributed by atoms with van der Waals surface area (Å²) in [6.45, 7) is 22.2. The fraction of sp³-hybridized carbons (Fsp3) is 0.500. The highest BCUT2D eigenvalue weighted by molar-refractivity contribution is 5.91. The molecule has 0 bridgehead atoms. The molecule has 4 rings (SSSR count). The number of nitrogens with one attached hydrogen (secondary N) is 1. The number of carbonyl (C=O) groups excluding carboxylic acids is 9. The molecule has 5 unspecified atom stereocenters. The molecule has 1 aliphatic heterocycles. The summed E-state index contributed by atoms with van der Waals surface area (Å²) in [4.78, 5) is 117. The molecule has 0 aromatic heterocycles. The van der Waals surface area contributed by atoms with Gasteiger partial charge in [0.25, 0.3) is 0 Å². The number of ether oxygens (including phenoxy) is 5. The van der Waals surface area contributed by atoms with Gasteiger partial charge >= 0.3 is 30.0 Å². The Bertz CT molecular complexity index is 2150. The van der Waals surface area contributed by atoms with Crippen molar-refractivity contribution in [2.24, 2.45) is 17.8 Å². The topological polar surface area (TPSA) is 285 Å². The first kappa shape index (κ1) is 71.7. The van der Waals surface area contributed by atoms with E-state index >= 15 is 0 Å². The Kier molecular flexibility index (Phi) is 38.1. The molecule has 428 valence electrons. The Morgan fingerprint density at radius 3 is 1.47 bits per heavy atom. The second kappa shape index (κ2) is 40.9. The normalized spacial score (nSPS) is 13.8. The smallest absolute Gasteiger partial charge is 0.407 e. The minimum Gasteiger partial charge on any atom is -0.481 e. The van der Waals surface area contributed by atoms with Gasteiger partial charge in [-0.15, -0.1) is 0 Å². The molecule has 0 saturated carbocycles. The highest BCUT2D eigenvalue weighted by Gasteiger charge is 2.30. The zero-order valence-corrected chi connectivity index (χ0v) is 46.5. The van der Waals surface area contributed by atoms with Crippen molar-refractivity contribution in [3.8, 4) is 11.1 Å². The Morgan fingerprint density at radius 1 is 0.662 bits per heavy atom. The van der Waals surface area contributed by atoms with Crippen LogP contribution in [0.4, 0.5) is 4.79 Å². The number of nitrogens with zero attached hydrogens (tertiary/aromatic N) is 2. The van der Waals surface area contributed by atoms with Gasteiger partial charge in [0.2, 0.25) is 11.8 Å². The van der Waals surface area contributed by atoms with Crippen LogP contribution < -0.4 is 5.32 Å². The van der Waals surface area contributed by atoms with Gasteiger partial charge in [-0.1, -0.05) is 107 Å². The van der Waals surface area contributed by atoms with Crippen molar-refractivity contribution in [3.05, 3.63) is 97.6 Å². The van der Waals surface area contributed by atoms with Crippen molar-refractivity contribution in [1.29, 1.82) is 0 Å². The monoisotopic (exact) mass is 1080 g/mol. The number of carboxylic acids is 1. The predicted molar refractivity (Wildman–Crippen MR) is 286 cm³/mol. The van der Waals surface area contributed by atoms with E-state index in [0.717, 1.165) is 46.8 Å². The summed E-state index contributed by atoms with van der Waals surface area (Å²) < 4.78 is 23.9. The number of ketones is 3. The number of carboxylic acid groups (broad SMARTS) is 1. The zero-order chi connectivity index (χ0) is 59.2. The lowest BCUT2D eigenvalue weighted by molar-refractivity contribution is -0.170. The number of aliphatic hydroxyl groups is 1. The van der Waals surface area contributed by atoms with E-state index < -0.39 is 36.3 Å². The number of esters is 3. The third kappa shape index (κ3) is 32.6. The van der Waals surface area contributed by atoms with Crippen molar-refractivity contribution in [2.45, 2.75) is 105 Å². The van der Waals surface area contributed by atoms with E-state index in [4.69, 9.17) is 24.4 Å². The molecule has 1 saturated heterocycles. The van der Waals surface area contributed by atoms with Crippen LogP contribution in [-0.4, -0.2) is 153 Å². The highest BCUT2D eigenvalue weighted by Crippen LogP contribution is 2.44. The lowest BCUT2D eigenvalue weighted by atomic mass is 9.98. The second-order valence-electron chi connectivity index (χ2n) is 17.6. The number of fused-ring (bicyclic) bond motifs is 3. The van der Waals surface area contributed by atoms with E-state index in [1.54, 1.807) is 27.9 Å². The summed E-state index contributed by atoms with van der Waals surface area (Å²) in [6, 6.07) is 15.2. The summed E-state index contributed by atoms with van der Waals surface area (Å²) in [5.41, 5.74) is 4.51. The van der Waals surface area contributed by atoms with Crippen LogP contribution in [0.25, 0.3) is 11.1 Å². The average Bonchev–Trinajstić information content (AvgIpc) is 4.00. The van der Waals surface area contributed by atoms with Crippen LogP contribution in [-0.2, 0) is 71.7 Å². The molecule has 2 aliphatic rings. The van der Waals surface area contributed by atoms with Gasteiger partial charge in [0.1, 0.15) is 38.0 Å². The molecule has 1 aliphatic carbocycles. The summed E-state index contributed by atoms with van der Waals surface area (Å²) in [6.07, 6.45) is 5.32. The van der Waals surface area contributed by atoms with E-state index in [2.05, 4.69) is 51.5 Å². The first-order valence-electron chi connectivity index (χ1n) is 24.6. The average molecular weight is 1080 g/mol. The lowest BCUT2D eigenvalue weighted by Gasteiger charge is -2.19. The number of Topliss-reactive ketones (excluding diaryl/α,β-unsaturated/α-hetero) is 3. The van der Waals surface area contributed by atoms with E-state index in [9.17, 15) is 47.9 Å². The Labute approximate surface area is 452 Å². The molecule has 77 heavy (non-hydrogen) atoms. The van der Waals surface area contributed by atoms with Gasteiger partial charge in [-0.3, -0.25) is 48.0 Å². The summed E-state index contributed by atoms with van der Waals surface area (Å²) in [5.74, 6) is -4.02. The SMILES string of the molecule is C=CCOC(=O)CC(C)C(=O)O.C=CCOC(=O)CC(C)C(C)=O.C=CCOC(C)=O.CC(=O)C(CC(=O)N(C)C)NC(=O)OCC1c2ccccc2-c2ccccc21.CON(C)C(=O)CC(C)C(C)=O.OC1CCCO1. The zero-order valence-electron chi connectivity index (χ0n) is 46.5. The largest absolute Gasteiger partial charge is 0.481 e. The fourth-order valence-electron chi connectivity index (χ4n) is 5.96. The maximum atomic E-state index is 12.3. The Balaban J connectivity index is 0. The van der Waals surface area contributed by atoms with Crippen LogP contribution in [0.2, 0.25) is 0 Å². The highest BCUT2D eigenvalue weighted by atomic mass is 16.7. The number of hydrogen-bond donors (Lipinski definition) is 3. The molecule has 0 spiro atoms. The number of aliphatic hydroxyl groups excluding tert-OH is 1. The van der Waals surface area contributed by atoms with Gasteiger partial charge < -0.3 is 44.1 Å². The maximum Gasteiger partial charge on any atom is 0.407 e. The number of aliphatic carboxylic acids is 1. The number of amides is 3. The number of carbonyl (C=O) groups is 10. The third-order valence-electron chi connectivity index (χ3n) is 10.9. The van der Waals surface area contributed by atoms with Gasteiger partial charge in [0.15, 0.2) is 12.1 Å². The molecular weight excluding hydrogens is 1000 g/mol. The van der Waals surface area contributed by atoms with Crippen LogP contribution in [0.1, 0.15) is 104 Å². The number of benzene rings is 2. The fourth-order valence-corrected chi connectivity index (χ4v) is 5.96. The van der Waals surface area contributed by atoms with Gasteiger partial charge in [-0.25, -0.2) is 9.86 Å². The van der Waals surface area contributed by atoms with Gasteiger partial charge in [0.05, 0.1) is 38.3 Å². The number of alkyl carbamates (subject to hydrolysis) is 1. The van der Waals surface area contributed by atoms with Crippen LogP contribution in [0.3, 0.4) is 0 Å². The Morgan fingerprint density at radius 2 is 1.12 bits per heavy atom. The molecule has 21 heteroatoms. The molecular formula is C56H81N3O18. The predicted octanol–water partition coefficient (Wildman–Crippen LogP) is 6.59. The number of rotatable bonds is 22. The van der Waals surface area contributed by atoms with Crippen LogP contribution in [0.15, 0.2) is 86.5 Å². The molecule has 3 N–H and O–H groups in total. The van der Waals surface area contributed by atoms with Crippen molar-refractivity contribution >= 4 is 59.1 Å². The summed E-state index contributed by atoms with van der Waals surface area (Å²) >= 11 is 0. The first-order valence-corrected chi connectivity index (χ1v) is 24.6. The first-order chi connectivity index (χ1) is 36.2. The summed E-state index contributed by atoms with van der Waals surface area (Å²) in [7, 11) is 6.14. The van der Waals surface area contributed by atoms with Crippen molar-refractivity contribution in [1.82, 2.24) is 15.3 Å².